The van der Waals surface area contributed by atoms with Crippen LogP contribution in [0.1, 0.15) is 34.1 Å². The molecule has 0 aliphatic heterocycles. The number of fused-ring (bicyclic) bond motifs is 1. The number of pyridine rings is 2. The maximum absolute atomic E-state index is 14.8. The number of aliphatic hydroxyl groups is 1. The molecule has 12 nitrogen and oxygen atoms in total. The van der Waals surface area contributed by atoms with Gasteiger partial charge < -0.3 is 31.3 Å². The van der Waals surface area contributed by atoms with E-state index in [9.17, 15) is 37.4 Å². The molecule has 0 aliphatic carbocycles. The Morgan fingerprint density at radius 1 is 1.02 bits per heavy atom. The van der Waals surface area contributed by atoms with E-state index in [2.05, 4.69) is 30.8 Å². The number of nitrogens with one attached hydrogen (secondary N) is 2. The Kier molecular flexibility index (Phi) is 9.61. The minimum absolute atomic E-state index is 0.0253. The number of hydrogen-bond donors (Lipinski definition) is 5. The van der Waals surface area contributed by atoms with Gasteiger partial charge in [-0.3, -0.25) is 14.6 Å². The summed E-state index contributed by atoms with van der Waals surface area (Å²) in [4.78, 5) is 33.9. The summed E-state index contributed by atoms with van der Waals surface area (Å²) in [6.07, 6.45) is -4.40. The molecule has 5 rings (SSSR count). The highest BCUT2D eigenvalue weighted by molar-refractivity contribution is 6.03. The van der Waals surface area contributed by atoms with E-state index in [-0.39, 0.29) is 52.1 Å². The van der Waals surface area contributed by atoms with E-state index in [1.807, 2.05) is 0 Å². The molecule has 1 atom stereocenters. The van der Waals surface area contributed by atoms with Gasteiger partial charge in [0, 0.05) is 34.3 Å². The molecule has 0 radical (unpaired) electrons. The predicted molar refractivity (Wildman–Crippen MR) is 169 cm³/mol. The SMILES string of the molecule is CCOc1c(CC(N)=O)cc([C@@](O)(CNC(=O)c2cc(Nc3ccc(O)nn3)c3ncc(C)cc3c2)C(F)(F)F)nc1-c1ccc(F)cc1. The number of alkyl halides is 3. The van der Waals surface area contributed by atoms with E-state index in [0.29, 0.717) is 10.9 Å². The van der Waals surface area contributed by atoms with E-state index in [1.165, 1.54) is 36.4 Å². The average Bonchev–Trinajstić information content (AvgIpc) is 3.04. The summed E-state index contributed by atoms with van der Waals surface area (Å²) in [7, 11) is 0. The molecule has 49 heavy (non-hydrogen) atoms. The van der Waals surface area contributed by atoms with Gasteiger partial charge in [0.1, 0.15) is 17.3 Å². The number of primary amides is 1. The lowest BCUT2D eigenvalue weighted by atomic mass is 9.93. The zero-order chi connectivity index (χ0) is 35.5. The maximum Gasteiger partial charge on any atom is 0.424 e. The highest BCUT2D eigenvalue weighted by Gasteiger charge is 2.56. The summed E-state index contributed by atoms with van der Waals surface area (Å²) >= 11 is 0. The van der Waals surface area contributed by atoms with E-state index in [1.54, 1.807) is 26.1 Å². The summed E-state index contributed by atoms with van der Waals surface area (Å²) < 4.78 is 63.8. The first kappa shape index (κ1) is 34.4. The normalized spacial score (nSPS) is 12.7. The van der Waals surface area contributed by atoms with Crippen molar-refractivity contribution in [1.82, 2.24) is 25.5 Å². The molecule has 254 valence electrons. The molecule has 6 N–H and O–H groups in total. The van der Waals surface area contributed by atoms with Crippen LogP contribution in [0.4, 0.5) is 29.1 Å². The fraction of sp³-hybridized carbons (Fsp3) is 0.212. The smallest absolute Gasteiger partial charge is 0.424 e. The van der Waals surface area contributed by atoms with E-state index in [4.69, 9.17) is 10.5 Å². The summed E-state index contributed by atoms with van der Waals surface area (Å²) in [5.41, 5.74) is 1.73. The molecule has 5 aromatic rings. The Bertz CT molecular complexity index is 2030. The van der Waals surface area contributed by atoms with Gasteiger partial charge >= 0.3 is 6.18 Å². The minimum atomic E-state index is -5.40. The second kappa shape index (κ2) is 13.7. The van der Waals surface area contributed by atoms with Gasteiger partial charge in [0.05, 0.1) is 36.5 Å². The number of nitrogens with two attached hydrogens (primary N) is 1. The Hall–Kier alpha value is -5.90. The van der Waals surface area contributed by atoms with Gasteiger partial charge in [-0.1, -0.05) is 0 Å². The Labute approximate surface area is 276 Å². The van der Waals surface area contributed by atoms with Crippen molar-refractivity contribution in [2.45, 2.75) is 32.0 Å². The first-order valence-corrected chi connectivity index (χ1v) is 14.7. The Morgan fingerprint density at radius 3 is 2.39 bits per heavy atom. The van der Waals surface area contributed by atoms with Crippen LogP contribution in [0.25, 0.3) is 22.2 Å². The molecule has 2 amide bonds. The number of nitrogens with zero attached hydrogens (tertiary/aromatic N) is 4. The van der Waals surface area contributed by atoms with Crippen LogP contribution in [0, 0.1) is 12.7 Å². The lowest BCUT2D eigenvalue weighted by Crippen LogP contribution is -2.51. The van der Waals surface area contributed by atoms with Gasteiger partial charge in [-0.25, -0.2) is 9.37 Å². The molecule has 16 heteroatoms. The van der Waals surface area contributed by atoms with Crippen LogP contribution in [0.5, 0.6) is 11.6 Å². The van der Waals surface area contributed by atoms with Gasteiger partial charge in [-0.2, -0.15) is 13.2 Å². The van der Waals surface area contributed by atoms with Crippen molar-refractivity contribution in [1.29, 1.82) is 0 Å². The van der Waals surface area contributed by atoms with E-state index < -0.39 is 48.1 Å². The first-order valence-electron chi connectivity index (χ1n) is 14.7. The lowest BCUT2D eigenvalue weighted by molar-refractivity contribution is -0.265. The molecule has 0 unspecified atom stereocenters. The Balaban J connectivity index is 1.56. The lowest BCUT2D eigenvalue weighted by Gasteiger charge is -2.31. The summed E-state index contributed by atoms with van der Waals surface area (Å²) in [6.45, 7) is 1.99. The quantitative estimate of drug-likeness (QED) is 0.124. The van der Waals surface area contributed by atoms with E-state index >= 15 is 0 Å². The van der Waals surface area contributed by atoms with Crippen LogP contribution < -0.4 is 21.1 Å². The number of ether oxygens (including phenoxy) is 1. The van der Waals surface area contributed by atoms with Crippen LogP contribution in [0.15, 0.2) is 66.9 Å². The number of aryl methyl sites for hydroxylation is 1. The molecular formula is C33H29F4N7O5. The molecule has 0 saturated carbocycles. The predicted octanol–water partition coefficient (Wildman–Crippen LogP) is 4.59. The molecule has 0 spiro atoms. The fourth-order valence-electron chi connectivity index (χ4n) is 4.99. The highest BCUT2D eigenvalue weighted by Crippen LogP contribution is 2.42. The van der Waals surface area contributed by atoms with Gasteiger partial charge in [0.2, 0.25) is 17.4 Å². The monoisotopic (exact) mass is 679 g/mol. The van der Waals surface area contributed by atoms with Gasteiger partial charge in [0.25, 0.3) is 5.91 Å². The number of carbonyl (C=O) groups is 2. The molecule has 2 aromatic carbocycles. The average molecular weight is 680 g/mol. The molecule has 0 saturated heterocycles. The standard InChI is InChI=1S/C33H29F4N7O5/c1-3-49-30-20(14-25(38)45)13-24(42-29(30)18-4-6-22(34)7-5-18)32(48,33(35,36)37)16-40-31(47)21-11-19-10-17(2)15-39-28(19)23(12-21)41-26-8-9-27(46)44-43-26/h4-13,15,48H,3,14,16H2,1-2H3,(H2,38,45)(H,40,47)(H,41,43)(H,44,46)/t32-/m0/s1. The fourth-order valence-corrected chi connectivity index (χ4v) is 4.99. The summed E-state index contributed by atoms with van der Waals surface area (Å²) in [5, 5.41) is 33.7. The molecule has 0 aliphatic rings. The number of anilines is 2. The summed E-state index contributed by atoms with van der Waals surface area (Å²) in [6, 6.07) is 12.6. The van der Waals surface area contributed by atoms with Gasteiger partial charge in [-0.15, -0.1) is 10.2 Å². The third-order valence-corrected chi connectivity index (χ3v) is 7.31. The largest absolute Gasteiger partial charge is 0.492 e. The van der Waals surface area contributed by atoms with Crippen molar-refractivity contribution in [3.63, 3.8) is 0 Å². The van der Waals surface area contributed by atoms with Gasteiger partial charge in [0.15, 0.2) is 5.82 Å². The second-order valence-corrected chi connectivity index (χ2v) is 11.0. The van der Waals surface area contributed by atoms with Crippen molar-refractivity contribution in [3.05, 3.63) is 95.1 Å². The molecular weight excluding hydrogens is 650 g/mol. The maximum atomic E-state index is 14.8. The number of aromatic nitrogens is 4. The van der Waals surface area contributed by atoms with Crippen LogP contribution in [-0.2, 0) is 16.8 Å². The number of hydrogen-bond acceptors (Lipinski definition) is 10. The van der Waals surface area contributed by atoms with Crippen LogP contribution >= 0.6 is 0 Å². The molecule has 0 bridgehead atoms. The number of carbonyl (C=O) groups excluding carboxylic acids is 2. The Morgan fingerprint density at radius 2 is 1.76 bits per heavy atom. The third-order valence-electron chi connectivity index (χ3n) is 7.31. The topological polar surface area (TPSA) is 185 Å². The molecule has 0 fully saturated rings. The second-order valence-electron chi connectivity index (χ2n) is 11.0. The van der Waals surface area contributed by atoms with Crippen molar-refractivity contribution >= 4 is 34.2 Å². The number of halogens is 4. The minimum Gasteiger partial charge on any atom is -0.492 e. The van der Waals surface area contributed by atoms with Crippen LogP contribution in [-0.4, -0.2) is 61.5 Å². The number of rotatable bonds is 11. The highest BCUT2D eigenvalue weighted by atomic mass is 19.4. The number of benzene rings is 2. The van der Waals surface area contributed by atoms with Gasteiger partial charge in [-0.05, 0) is 74.0 Å². The van der Waals surface area contributed by atoms with Crippen LogP contribution in [0.3, 0.4) is 0 Å². The number of aromatic hydroxyl groups is 1. The van der Waals surface area contributed by atoms with Crippen molar-refractivity contribution in [2.75, 3.05) is 18.5 Å². The zero-order valence-corrected chi connectivity index (χ0v) is 26.0. The molecule has 3 heterocycles. The van der Waals surface area contributed by atoms with Crippen molar-refractivity contribution < 1.29 is 42.1 Å². The van der Waals surface area contributed by atoms with Crippen LogP contribution in [0.2, 0.25) is 0 Å². The van der Waals surface area contributed by atoms with E-state index in [0.717, 1.165) is 23.8 Å². The zero-order valence-electron chi connectivity index (χ0n) is 26.0. The first-order chi connectivity index (χ1) is 23.2. The number of amides is 2. The molecule has 3 aromatic heterocycles. The third kappa shape index (κ3) is 7.49. The van der Waals surface area contributed by atoms with Crippen molar-refractivity contribution in [3.8, 4) is 22.9 Å². The summed E-state index contributed by atoms with van der Waals surface area (Å²) in [5.74, 6) is -2.76. The van der Waals surface area contributed by atoms with Crippen molar-refractivity contribution in [2.24, 2.45) is 5.73 Å².